The molecule has 3 aromatic rings. The summed E-state index contributed by atoms with van der Waals surface area (Å²) in [6.45, 7) is 2.08. The van der Waals surface area contributed by atoms with Crippen molar-refractivity contribution in [2.24, 2.45) is 0 Å². The average molecular weight is 670 g/mol. The topological polar surface area (TPSA) is 143 Å². The van der Waals surface area contributed by atoms with Gasteiger partial charge in [0.25, 0.3) is 5.91 Å². The highest BCUT2D eigenvalue weighted by molar-refractivity contribution is 7.50. The first-order valence-corrected chi connectivity index (χ1v) is 18.5. The van der Waals surface area contributed by atoms with Crippen LogP contribution in [0.4, 0.5) is 10.1 Å². The van der Waals surface area contributed by atoms with Crippen LogP contribution in [0.15, 0.2) is 42.7 Å². The lowest BCUT2D eigenvalue weighted by Gasteiger charge is -2.43. The van der Waals surface area contributed by atoms with Crippen molar-refractivity contribution < 1.29 is 33.1 Å². The van der Waals surface area contributed by atoms with Gasteiger partial charge in [-0.3, -0.25) is 23.9 Å². The van der Waals surface area contributed by atoms with Gasteiger partial charge in [-0.15, -0.1) is 11.3 Å². The molecule has 0 saturated carbocycles. The Morgan fingerprint density at radius 3 is 2.65 bits per heavy atom. The van der Waals surface area contributed by atoms with E-state index in [0.29, 0.717) is 61.3 Å². The van der Waals surface area contributed by atoms with Crippen molar-refractivity contribution in [3.05, 3.63) is 58.7 Å². The smallest absolute Gasteiger partial charge is 0.329 e. The lowest BCUT2D eigenvalue weighted by molar-refractivity contribution is -0.148. The first-order valence-electron chi connectivity index (χ1n) is 15.9. The van der Waals surface area contributed by atoms with Crippen LogP contribution in [0.3, 0.4) is 0 Å². The number of hydrogen-bond acceptors (Lipinski definition) is 7. The number of amides is 3. The third kappa shape index (κ3) is 6.17. The Balaban J connectivity index is 1.01. The van der Waals surface area contributed by atoms with Crippen LogP contribution >= 0.6 is 18.9 Å². The van der Waals surface area contributed by atoms with Gasteiger partial charge in [0, 0.05) is 66.5 Å². The van der Waals surface area contributed by atoms with Crippen LogP contribution in [0.2, 0.25) is 0 Å². The molecule has 6 heterocycles. The van der Waals surface area contributed by atoms with Crippen molar-refractivity contribution in [1.82, 2.24) is 20.1 Å². The number of nitrogens with one attached hydrogen (secondary N) is 1. The van der Waals surface area contributed by atoms with Crippen molar-refractivity contribution in [2.75, 3.05) is 31.1 Å². The predicted molar refractivity (Wildman–Crippen MR) is 172 cm³/mol. The Bertz CT molecular complexity index is 1730. The molecule has 4 atom stereocenters. The number of halogens is 1. The normalized spacial score (nSPS) is 25.5. The third-order valence-corrected chi connectivity index (χ3v) is 11.7. The molecule has 14 heteroatoms. The van der Waals surface area contributed by atoms with Gasteiger partial charge in [0.05, 0.1) is 11.0 Å². The molecule has 0 unspecified atom stereocenters. The Morgan fingerprint density at radius 1 is 1.07 bits per heavy atom. The number of carbonyl (C=O) groups excluding carboxylic acids is 3. The second-order valence-corrected chi connectivity index (χ2v) is 15.7. The highest BCUT2D eigenvalue weighted by Gasteiger charge is 2.48. The Morgan fingerprint density at radius 2 is 1.89 bits per heavy atom. The molecule has 1 aromatic carbocycles. The van der Waals surface area contributed by atoms with Crippen molar-refractivity contribution in [1.29, 1.82) is 0 Å². The first kappa shape index (κ1) is 31.2. The second-order valence-electron chi connectivity index (χ2n) is 13.0. The molecule has 244 valence electrons. The maximum atomic E-state index is 13.9. The highest BCUT2D eigenvalue weighted by atomic mass is 32.1. The Hall–Kier alpha value is -3.38. The van der Waals surface area contributed by atoms with Gasteiger partial charge in [-0.05, 0) is 73.7 Å². The molecule has 0 aliphatic carbocycles. The number of benzene rings is 1. The summed E-state index contributed by atoms with van der Waals surface area (Å²) in [5.74, 6) is -0.570. The van der Waals surface area contributed by atoms with Crippen molar-refractivity contribution in [3.63, 3.8) is 0 Å². The molecular weight excluding hydrogens is 632 g/mol. The van der Waals surface area contributed by atoms with Crippen LogP contribution in [0.5, 0.6) is 0 Å². The second kappa shape index (κ2) is 12.3. The number of rotatable bonds is 7. The number of pyridine rings is 1. The molecular formula is C32H37FN5O6PS. The van der Waals surface area contributed by atoms with Crippen LogP contribution in [0, 0.1) is 0 Å². The van der Waals surface area contributed by atoms with Crippen molar-refractivity contribution >= 4 is 52.4 Å². The zero-order valence-electron chi connectivity index (χ0n) is 25.3. The van der Waals surface area contributed by atoms with Gasteiger partial charge < -0.3 is 29.8 Å². The fourth-order valence-electron chi connectivity index (χ4n) is 7.51. The maximum Gasteiger partial charge on any atom is 0.329 e. The van der Waals surface area contributed by atoms with Gasteiger partial charge in [-0.2, -0.15) is 0 Å². The fraction of sp³-hybridized carbons (Fsp3) is 0.500. The third-order valence-electron chi connectivity index (χ3n) is 9.80. The van der Waals surface area contributed by atoms with E-state index < -0.39 is 25.9 Å². The summed E-state index contributed by atoms with van der Waals surface area (Å²) >= 11 is 1.26. The van der Waals surface area contributed by atoms with Crippen LogP contribution in [0.25, 0.3) is 10.1 Å². The van der Waals surface area contributed by atoms with Crippen LogP contribution < -0.4 is 10.2 Å². The molecule has 4 fully saturated rings. The SMILES string of the molecule is O=C(N[C@H]1CCC[C@H]2CC[C@@H](C(=O)N3CC(c4cnccc4N4CC[C@H](F)C4)C3)N2C1=O)c1cc2cc(CP(=O)(O)O)ccc2s1. The number of hydrogen-bond donors (Lipinski definition) is 3. The van der Waals surface area contributed by atoms with E-state index in [1.54, 1.807) is 40.3 Å². The van der Waals surface area contributed by atoms with E-state index in [4.69, 9.17) is 0 Å². The summed E-state index contributed by atoms with van der Waals surface area (Å²) in [7, 11) is -4.23. The van der Waals surface area contributed by atoms with Gasteiger partial charge in [0.1, 0.15) is 18.3 Å². The molecule has 2 aromatic heterocycles. The zero-order valence-corrected chi connectivity index (χ0v) is 27.0. The van der Waals surface area contributed by atoms with E-state index in [1.165, 1.54) is 11.3 Å². The number of anilines is 1. The number of aromatic nitrogens is 1. The van der Waals surface area contributed by atoms with Gasteiger partial charge in [-0.25, -0.2) is 4.39 Å². The predicted octanol–water partition coefficient (Wildman–Crippen LogP) is 3.79. The summed E-state index contributed by atoms with van der Waals surface area (Å²) in [5, 5.41) is 3.63. The van der Waals surface area contributed by atoms with Gasteiger partial charge >= 0.3 is 7.60 Å². The van der Waals surface area contributed by atoms with Crippen LogP contribution in [-0.2, 0) is 20.3 Å². The number of nitrogens with zero attached hydrogens (tertiary/aromatic N) is 4. The zero-order chi connectivity index (χ0) is 32.2. The molecule has 0 spiro atoms. The summed E-state index contributed by atoms with van der Waals surface area (Å²) < 4.78 is 26.2. The average Bonchev–Trinajstić information content (AvgIpc) is 3.71. The Labute approximate surface area is 269 Å². The number of thiophene rings is 1. The molecule has 3 amide bonds. The minimum Gasteiger partial charge on any atom is -0.368 e. The first-order chi connectivity index (χ1) is 22.0. The van der Waals surface area contributed by atoms with Gasteiger partial charge in [-0.1, -0.05) is 6.07 Å². The lowest BCUT2D eigenvalue weighted by atomic mass is 9.90. The van der Waals surface area contributed by atoms with E-state index in [0.717, 1.165) is 35.2 Å². The number of fused-ring (bicyclic) bond motifs is 2. The quantitative estimate of drug-likeness (QED) is 0.323. The van der Waals surface area contributed by atoms with E-state index in [2.05, 4.69) is 15.2 Å². The van der Waals surface area contributed by atoms with E-state index >= 15 is 0 Å². The summed E-state index contributed by atoms with van der Waals surface area (Å²) in [6.07, 6.45) is 6.20. The molecule has 11 nitrogen and oxygen atoms in total. The number of alkyl halides is 1. The summed E-state index contributed by atoms with van der Waals surface area (Å²) in [5.41, 5.74) is 2.49. The number of likely N-dealkylation sites (tertiary alicyclic amines) is 1. The maximum absolute atomic E-state index is 13.9. The van der Waals surface area contributed by atoms with Crippen molar-refractivity contribution in [3.8, 4) is 0 Å². The Kier molecular flexibility index (Phi) is 8.37. The molecule has 46 heavy (non-hydrogen) atoms. The molecule has 3 N–H and O–H groups in total. The van der Waals surface area contributed by atoms with E-state index in [-0.39, 0.29) is 35.8 Å². The highest BCUT2D eigenvalue weighted by Crippen LogP contribution is 2.41. The summed E-state index contributed by atoms with van der Waals surface area (Å²) in [4.78, 5) is 70.0. The largest absolute Gasteiger partial charge is 0.368 e. The summed E-state index contributed by atoms with van der Waals surface area (Å²) in [6, 6.07) is 7.31. The number of carbonyl (C=O) groups is 3. The molecule has 4 saturated heterocycles. The van der Waals surface area contributed by atoms with Crippen LogP contribution in [0.1, 0.15) is 65.2 Å². The molecule has 4 aliphatic heterocycles. The van der Waals surface area contributed by atoms with Gasteiger partial charge in [0.2, 0.25) is 11.8 Å². The van der Waals surface area contributed by atoms with Crippen molar-refractivity contribution in [2.45, 2.75) is 74.9 Å². The van der Waals surface area contributed by atoms with Crippen LogP contribution in [-0.4, -0.2) is 92.8 Å². The van der Waals surface area contributed by atoms with E-state index in [9.17, 15) is 33.1 Å². The van der Waals surface area contributed by atoms with E-state index in [1.807, 2.05) is 12.3 Å². The molecule has 0 radical (unpaired) electrons. The standard InChI is InChI=1S/C32H37FN5O6PS/c33-22-9-11-36(17-22)26-8-10-34-14-24(26)21-15-37(16-21)32(41)27-6-5-23-2-1-3-25(31(40)38(23)27)35-30(39)29-13-20-12-19(18-45(42,43)44)4-7-28(20)46-29/h4,7-8,10,12-14,21-23,25,27H,1-3,5-6,9,11,15-18H2,(H,35,39)(H2,42,43,44)/t22-,23-,25-,27-/m0/s1. The fourth-order valence-corrected chi connectivity index (χ4v) is 9.13. The minimum absolute atomic E-state index is 0.0362. The van der Waals surface area contributed by atoms with Gasteiger partial charge in [0.15, 0.2) is 0 Å². The lowest BCUT2D eigenvalue weighted by Crippen LogP contribution is -2.58. The minimum atomic E-state index is -4.23. The molecule has 4 aliphatic rings. The molecule has 0 bridgehead atoms. The molecule has 7 rings (SSSR count). The monoisotopic (exact) mass is 669 g/mol.